The molecule has 1 aromatic heterocycles. The molecule has 1 N–H and O–H groups in total. The average Bonchev–Trinajstić information content (AvgIpc) is 2.99. The first-order valence-electron chi connectivity index (χ1n) is 6.13. The van der Waals surface area contributed by atoms with E-state index in [-0.39, 0.29) is 5.91 Å². The van der Waals surface area contributed by atoms with Gasteiger partial charge in [-0.2, -0.15) is 5.26 Å². The summed E-state index contributed by atoms with van der Waals surface area (Å²) >= 11 is 0. The summed E-state index contributed by atoms with van der Waals surface area (Å²) in [6.07, 6.45) is 2.44. The maximum atomic E-state index is 11.9. The molecule has 1 aromatic carbocycles. The number of furan rings is 1. The number of ether oxygens (including phenoxy) is 1. The fraction of sp³-hybridized carbons (Fsp3) is 0.200. The number of anilines is 1. The van der Waals surface area contributed by atoms with Gasteiger partial charge in [0, 0.05) is 18.9 Å². The Balaban J connectivity index is 1.98. The van der Waals surface area contributed by atoms with Gasteiger partial charge in [-0.3, -0.25) is 4.79 Å². The molecule has 0 unspecified atom stereocenters. The van der Waals surface area contributed by atoms with Gasteiger partial charge in [0.25, 0.3) is 0 Å². The van der Waals surface area contributed by atoms with E-state index >= 15 is 0 Å². The van der Waals surface area contributed by atoms with E-state index in [4.69, 9.17) is 14.4 Å². The molecule has 0 bridgehead atoms. The molecule has 0 saturated carbocycles. The molecular weight excluding hydrogens is 256 g/mol. The second-order valence-electron chi connectivity index (χ2n) is 4.15. The van der Waals surface area contributed by atoms with Gasteiger partial charge in [0.2, 0.25) is 5.91 Å². The van der Waals surface area contributed by atoms with Gasteiger partial charge in [0.1, 0.15) is 11.5 Å². The lowest BCUT2D eigenvalue weighted by Gasteiger charge is -2.10. The molecule has 2 aromatic rings. The standard InChI is InChI=1S/C15H14N2O3/c1-19-14-9-11(10-16)4-6-13(14)17-15(18)7-5-12-3-2-8-20-12/h2-4,6,8-9H,5,7H2,1H3,(H,17,18). The number of nitrogens with one attached hydrogen (secondary N) is 1. The predicted octanol–water partition coefficient (Wildman–Crippen LogP) is 2.73. The third-order valence-electron chi connectivity index (χ3n) is 2.78. The summed E-state index contributed by atoms with van der Waals surface area (Å²) < 4.78 is 10.3. The molecular formula is C15H14N2O3. The second kappa shape index (κ2) is 6.43. The van der Waals surface area contributed by atoms with E-state index in [1.54, 1.807) is 30.5 Å². The van der Waals surface area contributed by atoms with E-state index in [1.807, 2.05) is 12.1 Å². The van der Waals surface area contributed by atoms with E-state index in [1.165, 1.54) is 7.11 Å². The summed E-state index contributed by atoms with van der Waals surface area (Å²) in [4.78, 5) is 11.9. The van der Waals surface area contributed by atoms with Crippen molar-refractivity contribution < 1.29 is 13.9 Å². The number of benzene rings is 1. The minimum absolute atomic E-state index is 0.135. The van der Waals surface area contributed by atoms with Gasteiger partial charge in [-0.25, -0.2) is 0 Å². The highest BCUT2D eigenvalue weighted by Gasteiger charge is 2.09. The number of carbonyl (C=O) groups excluding carboxylic acids is 1. The van der Waals surface area contributed by atoms with Crippen LogP contribution in [0, 0.1) is 11.3 Å². The minimum atomic E-state index is -0.135. The lowest BCUT2D eigenvalue weighted by Crippen LogP contribution is -2.13. The number of hydrogen-bond acceptors (Lipinski definition) is 4. The fourth-order valence-corrected chi connectivity index (χ4v) is 1.77. The number of methoxy groups -OCH3 is 1. The summed E-state index contributed by atoms with van der Waals surface area (Å²) in [6.45, 7) is 0. The molecule has 0 radical (unpaired) electrons. The summed E-state index contributed by atoms with van der Waals surface area (Å²) in [5, 5.41) is 11.6. The molecule has 0 aliphatic rings. The number of rotatable bonds is 5. The summed E-state index contributed by atoms with van der Waals surface area (Å²) in [6, 6.07) is 10.5. The van der Waals surface area contributed by atoms with Crippen LogP contribution in [0.15, 0.2) is 41.0 Å². The van der Waals surface area contributed by atoms with Crippen LogP contribution >= 0.6 is 0 Å². The van der Waals surface area contributed by atoms with Crippen LogP contribution in [0.3, 0.4) is 0 Å². The Kier molecular flexibility index (Phi) is 4.40. The number of hydrogen-bond donors (Lipinski definition) is 1. The zero-order chi connectivity index (χ0) is 14.4. The van der Waals surface area contributed by atoms with Crippen LogP contribution in [0.5, 0.6) is 5.75 Å². The summed E-state index contributed by atoms with van der Waals surface area (Å²) in [7, 11) is 1.50. The molecule has 0 aliphatic heterocycles. The largest absolute Gasteiger partial charge is 0.495 e. The van der Waals surface area contributed by atoms with Crippen LogP contribution in [0.2, 0.25) is 0 Å². The Morgan fingerprint density at radius 1 is 1.45 bits per heavy atom. The quantitative estimate of drug-likeness (QED) is 0.906. The van der Waals surface area contributed by atoms with Gasteiger partial charge in [-0.05, 0) is 24.3 Å². The minimum Gasteiger partial charge on any atom is -0.495 e. The SMILES string of the molecule is COc1cc(C#N)ccc1NC(=O)CCc1ccco1. The van der Waals surface area contributed by atoms with Crippen LogP contribution in [0.1, 0.15) is 17.7 Å². The number of aryl methyl sites for hydroxylation is 1. The average molecular weight is 270 g/mol. The lowest BCUT2D eigenvalue weighted by atomic mass is 10.2. The number of carbonyl (C=O) groups is 1. The topological polar surface area (TPSA) is 75.3 Å². The van der Waals surface area contributed by atoms with Gasteiger partial charge in [0.15, 0.2) is 0 Å². The third kappa shape index (κ3) is 3.39. The molecule has 2 rings (SSSR count). The molecule has 5 heteroatoms. The van der Waals surface area contributed by atoms with Crippen molar-refractivity contribution in [2.24, 2.45) is 0 Å². The molecule has 0 aliphatic carbocycles. The van der Waals surface area contributed by atoms with Crippen molar-refractivity contribution in [1.29, 1.82) is 5.26 Å². The van der Waals surface area contributed by atoms with Crippen molar-refractivity contribution in [1.82, 2.24) is 0 Å². The molecule has 0 spiro atoms. The van der Waals surface area contributed by atoms with Gasteiger partial charge < -0.3 is 14.5 Å². The van der Waals surface area contributed by atoms with Crippen molar-refractivity contribution in [2.75, 3.05) is 12.4 Å². The first-order chi connectivity index (χ1) is 9.72. The predicted molar refractivity (Wildman–Crippen MR) is 73.4 cm³/mol. The van der Waals surface area contributed by atoms with Crippen molar-refractivity contribution >= 4 is 11.6 Å². The molecule has 102 valence electrons. The monoisotopic (exact) mass is 270 g/mol. The van der Waals surface area contributed by atoms with E-state index < -0.39 is 0 Å². The Hall–Kier alpha value is -2.74. The Labute approximate surface area is 116 Å². The highest BCUT2D eigenvalue weighted by molar-refractivity contribution is 5.92. The van der Waals surface area contributed by atoms with E-state index in [0.29, 0.717) is 29.8 Å². The normalized spacial score (nSPS) is 9.80. The Bertz CT molecular complexity index is 627. The van der Waals surface area contributed by atoms with Crippen molar-refractivity contribution in [3.63, 3.8) is 0 Å². The zero-order valence-corrected chi connectivity index (χ0v) is 11.1. The molecule has 0 saturated heterocycles. The molecule has 1 amide bonds. The summed E-state index contributed by atoms with van der Waals surface area (Å²) in [5.41, 5.74) is 1.03. The highest BCUT2D eigenvalue weighted by atomic mass is 16.5. The smallest absolute Gasteiger partial charge is 0.224 e. The number of nitriles is 1. The first kappa shape index (κ1) is 13.7. The maximum absolute atomic E-state index is 11.9. The fourth-order valence-electron chi connectivity index (χ4n) is 1.77. The van der Waals surface area contributed by atoms with Crippen molar-refractivity contribution in [3.8, 4) is 11.8 Å². The van der Waals surface area contributed by atoms with Gasteiger partial charge in [-0.1, -0.05) is 0 Å². The maximum Gasteiger partial charge on any atom is 0.224 e. The third-order valence-corrected chi connectivity index (χ3v) is 2.78. The van der Waals surface area contributed by atoms with E-state index in [0.717, 1.165) is 5.76 Å². The van der Waals surface area contributed by atoms with Gasteiger partial charge in [0.05, 0.1) is 30.7 Å². The molecule has 0 atom stereocenters. The van der Waals surface area contributed by atoms with Crippen molar-refractivity contribution in [3.05, 3.63) is 47.9 Å². The van der Waals surface area contributed by atoms with Gasteiger partial charge in [-0.15, -0.1) is 0 Å². The summed E-state index contributed by atoms with van der Waals surface area (Å²) in [5.74, 6) is 1.10. The van der Waals surface area contributed by atoms with Crippen LogP contribution in [0.4, 0.5) is 5.69 Å². The van der Waals surface area contributed by atoms with E-state index in [2.05, 4.69) is 5.32 Å². The van der Waals surface area contributed by atoms with Crippen LogP contribution < -0.4 is 10.1 Å². The molecule has 0 fully saturated rings. The Morgan fingerprint density at radius 3 is 2.95 bits per heavy atom. The van der Waals surface area contributed by atoms with Crippen molar-refractivity contribution in [2.45, 2.75) is 12.8 Å². The number of nitrogens with zero attached hydrogens (tertiary/aromatic N) is 1. The molecule has 20 heavy (non-hydrogen) atoms. The first-order valence-corrected chi connectivity index (χ1v) is 6.13. The second-order valence-corrected chi connectivity index (χ2v) is 4.15. The molecule has 5 nitrogen and oxygen atoms in total. The lowest BCUT2D eigenvalue weighted by molar-refractivity contribution is -0.116. The molecule has 1 heterocycles. The highest BCUT2D eigenvalue weighted by Crippen LogP contribution is 2.25. The van der Waals surface area contributed by atoms with Crippen LogP contribution in [-0.2, 0) is 11.2 Å². The van der Waals surface area contributed by atoms with Crippen LogP contribution in [-0.4, -0.2) is 13.0 Å². The van der Waals surface area contributed by atoms with Crippen LogP contribution in [0.25, 0.3) is 0 Å². The zero-order valence-electron chi connectivity index (χ0n) is 11.1. The van der Waals surface area contributed by atoms with Gasteiger partial charge >= 0.3 is 0 Å². The number of amides is 1. The van der Waals surface area contributed by atoms with E-state index in [9.17, 15) is 4.79 Å². The Morgan fingerprint density at radius 2 is 2.30 bits per heavy atom.